The Labute approximate surface area is 224 Å². The molecule has 9 atom stereocenters. The zero-order chi connectivity index (χ0) is 25.3. The molecule has 4 aliphatic carbocycles. The van der Waals surface area contributed by atoms with Crippen LogP contribution in [-0.2, 0) is 19.3 Å². The molecule has 1 aliphatic heterocycles. The first kappa shape index (κ1) is 25.3. The van der Waals surface area contributed by atoms with Crippen LogP contribution in [0.4, 0.5) is 0 Å². The van der Waals surface area contributed by atoms with E-state index < -0.39 is 5.79 Å². The van der Waals surface area contributed by atoms with Gasteiger partial charge in [-0.2, -0.15) is 0 Å². The number of halogens is 1. The van der Waals surface area contributed by atoms with Crippen molar-refractivity contribution < 1.29 is 19.3 Å². The van der Waals surface area contributed by atoms with Crippen molar-refractivity contribution in [3.8, 4) is 0 Å². The molecule has 196 valence electrons. The van der Waals surface area contributed by atoms with E-state index >= 15 is 0 Å². The lowest BCUT2D eigenvalue weighted by molar-refractivity contribution is -0.489. The summed E-state index contributed by atoms with van der Waals surface area (Å²) in [5, 5.41) is 0. The summed E-state index contributed by atoms with van der Waals surface area (Å²) in [6.07, 6.45) is 10.0. The van der Waals surface area contributed by atoms with Crippen molar-refractivity contribution in [1.29, 1.82) is 0 Å². The Morgan fingerprint density at radius 2 is 1.72 bits per heavy atom. The van der Waals surface area contributed by atoms with Gasteiger partial charge in [-0.3, -0.25) is 4.79 Å². The number of hydrogen-bond donors (Lipinski definition) is 0. The van der Waals surface area contributed by atoms with Crippen LogP contribution in [0.25, 0.3) is 5.57 Å². The second-order valence-corrected chi connectivity index (χ2v) is 14.0. The van der Waals surface area contributed by atoms with Gasteiger partial charge in [-0.25, -0.2) is 9.78 Å². The summed E-state index contributed by atoms with van der Waals surface area (Å²) < 4.78 is 7.53. The summed E-state index contributed by atoms with van der Waals surface area (Å²) in [5.74, 6) is 2.92. The Morgan fingerprint density at radius 1 is 0.972 bits per heavy atom. The van der Waals surface area contributed by atoms with Gasteiger partial charge >= 0.3 is 0 Å². The molecule has 1 saturated heterocycles. The van der Waals surface area contributed by atoms with Gasteiger partial charge in [0.2, 0.25) is 5.79 Å². The summed E-state index contributed by atoms with van der Waals surface area (Å²) >= 11 is 3.49. The van der Waals surface area contributed by atoms with E-state index in [0.717, 1.165) is 59.0 Å². The highest BCUT2D eigenvalue weighted by molar-refractivity contribution is 9.10. The zero-order valence-corrected chi connectivity index (χ0v) is 23.6. The van der Waals surface area contributed by atoms with Crippen molar-refractivity contribution in [1.82, 2.24) is 0 Å². The van der Waals surface area contributed by atoms with Gasteiger partial charge in [0, 0.05) is 23.2 Å². The minimum Gasteiger partial charge on any atom is -0.344 e. The lowest BCUT2D eigenvalue weighted by Gasteiger charge is -2.62. The van der Waals surface area contributed by atoms with Crippen LogP contribution in [0.3, 0.4) is 0 Å². The predicted molar refractivity (Wildman–Crippen MR) is 144 cm³/mol. The van der Waals surface area contributed by atoms with Crippen molar-refractivity contribution in [2.45, 2.75) is 90.4 Å². The number of benzene rings is 1. The van der Waals surface area contributed by atoms with Crippen LogP contribution in [0.5, 0.6) is 0 Å². The fourth-order valence-electron chi connectivity index (χ4n) is 9.51. The van der Waals surface area contributed by atoms with Crippen molar-refractivity contribution in [2.24, 2.45) is 40.4 Å². The molecule has 0 aromatic heterocycles. The smallest absolute Gasteiger partial charge is 0.202 e. The normalized spacial score (nSPS) is 46.0. The third kappa shape index (κ3) is 3.90. The molecule has 36 heavy (non-hydrogen) atoms. The molecule has 4 nitrogen and oxygen atoms in total. The summed E-state index contributed by atoms with van der Waals surface area (Å²) in [7, 11) is 0. The van der Waals surface area contributed by atoms with E-state index in [9.17, 15) is 4.79 Å². The summed E-state index contributed by atoms with van der Waals surface area (Å²) in [4.78, 5) is 24.5. The van der Waals surface area contributed by atoms with E-state index in [4.69, 9.17) is 14.5 Å². The Morgan fingerprint density at radius 3 is 2.42 bits per heavy atom. The Hall–Kier alpha value is -1.01. The maximum Gasteiger partial charge on any atom is 0.202 e. The van der Waals surface area contributed by atoms with Crippen LogP contribution in [0.2, 0.25) is 0 Å². The number of rotatable bonds is 3. The van der Waals surface area contributed by atoms with Crippen molar-refractivity contribution in [2.75, 3.05) is 6.61 Å². The monoisotopic (exact) mass is 556 g/mol. The maximum absolute atomic E-state index is 12.4. The van der Waals surface area contributed by atoms with Crippen molar-refractivity contribution in [3.05, 3.63) is 40.9 Å². The summed E-state index contributed by atoms with van der Waals surface area (Å²) in [5.41, 5.74) is 2.49. The van der Waals surface area contributed by atoms with E-state index in [2.05, 4.69) is 36.4 Å². The molecular weight excluding hydrogens is 516 g/mol. The van der Waals surface area contributed by atoms with Crippen LogP contribution >= 0.6 is 15.9 Å². The quantitative estimate of drug-likeness (QED) is 0.357. The molecule has 1 aromatic carbocycles. The highest BCUT2D eigenvalue weighted by atomic mass is 79.9. The van der Waals surface area contributed by atoms with Gasteiger partial charge in [-0.15, -0.1) is 0 Å². The third-order valence-corrected chi connectivity index (χ3v) is 12.1. The standard InChI is InChI=1S/C31H41BrO4/c1-19(21-5-8-23(32)9-6-21)28-18-34-31(36-35-28)16-15-29(3)22(17-31)7-10-24-26-12-11-25(20(2)33)30(26,4)14-13-27(24)29/h5-6,8-9,22,24-28H,1,7,10-18H2,2-4H3/t22?,24-,25+,26-,27-,28?,29-,30+,31?/m0/s1. The number of fused-ring (bicyclic) bond motifs is 5. The molecule has 5 aliphatic rings. The number of hydrogen-bond acceptors (Lipinski definition) is 4. The Balaban J connectivity index is 1.12. The van der Waals surface area contributed by atoms with Crippen LogP contribution in [-0.4, -0.2) is 24.3 Å². The minimum atomic E-state index is -0.621. The molecule has 1 spiro atoms. The largest absolute Gasteiger partial charge is 0.344 e. The van der Waals surface area contributed by atoms with Gasteiger partial charge in [0.1, 0.15) is 11.9 Å². The second kappa shape index (κ2) is 9.03. The van der Waals surface area contributed by atoms with Crippen molar-refractivity contribution >= 4 is 27.3 Å². The van der Waals surface area contributed by atoms with Gasteiger partial charge in [0.25, 0.3) is 0 Å². The van der Waals surface area contributed by atoms with E-state index in [-0.39, 0.29) is 17.4 Å². The maximum atomic E-state index is 12.4. The third-order valence-electron chi connectivity index (χ3n) is 11.6. The number of carbonyl (C=O) groups excluding carboxylic acids is 1. The highest BCUT2D eigenvalue weighted by Crippen LogP contribution is 2.68. The lowest BCUT2D eigenvalue weighted by atomic mass is 9.44. The molecule has 3 unspecified atom stereocenters. The summed E-state index contributed by atoms with van der Waals surface area (Å²) in [6.45, 7) is 11.6. The van der Waals surface area contributed by atoms with E-state index in [0.29, 0.717) is 23.7 Å². The fraction of sp³-hybridized carbons (Fsp3) is 0.710. The predicted octanol–water partition coefficient (Wildman–Crippen LogP) is 7.75. The molecule has 0 bridgehead atoms. The molecule has 5 fully saturated rings. The first-order chi connectivity index (χ1) is 17.2. The molecule has 0 N–H and O–H groups in total. The van der Waals surface area contributed by atoms with E-state index in [1.807, 2.05) is 31.2 Å². The fourth-order valence-corrected chi connectivity index (χ4v) is 9.77. The van der Waals surface area contributed by atoms with Gasteiger partial charge < -0.3 is 4.74 Å². The molecule has 0 amide bonds. The Bertz CT molecular complexity index is 1030. The van der Waals surface area contributed by atoms with Gasteiger partial charge in [-0.05, 0) is 110 Å². The SMILES string of the molecule is C=C(c1ccc(Br)cc1)C1COC2(CC[C@@]3(C)C(CC[C@H]4[C@@H]5CC[C@H](C(C)=O)[C@@]5(C)CC[C@@H]43)C2)OO1. The Kier molecular flexibility index (Phi) is 6.34. The first-order valence-corrected chi connectivity index (χ1v) is 14.9. The number of ether oxygens (including phenoxy) is 1. The second-order valence-electron chi connectivity index (χ2n) is 13.1. The van der Waals surface area contributed by atoms with Crippen LogP contribution < -0.4 is 0 Å². The molecule has 1 aromatic rings. The number of carbonyl (C=O) groups is 1. The zero-order valence-electron chi connectivity index (χ0n) is 22.1. The molecule has 4 saturated carbocycles. The molecular formula is C31H41BrO4. The van der Waals surface area contributed by atoms with E-state index in [1.54, 1.807) is 0 Å². The number of Topliss-reactive ketones (excluding diaryl/α,β-unsaturated/α-hetero) is 1. The van der Waals surface area contributed by atoms with E-state index in [1.165, 1.54) is 32.1 Å². The topological polar surface area (TPSA) is 44.8 Å². The molecule has 1 heterocycles. The summed E-state index contributed by atoms with van der Waals surface area (Å²) in [6, 6.07) is 8.13. The van der Waals surface area contributed by atoms with Crippen molar-refractivity contribution in [3.63, 3.8) is 0 Å². The van der Waals surface area contributed by atoms with Crippen LogP contribution in [0.1, 0.15) is 84.1 Å². The molecule has 0 radical (unpaired) electrons. The van der Waals surface area contributed by atoms with Gasteiger partial charge in [0.05, 0.1) is 6.61 Å². The highest BCUT2D eigenvalue weighted by Gasteiger charge is 2.62. The minimum absolute atomic E-state index is 0.224. The van der Waals surface area contributed by atoms with Gasteiger partial charge in [-0.1, -0.05) is 48.5 Å². The number of ketones is 1. The average Bonchev–Trinajstić information content (AvgIpc) is 3.23. The van der Waals surface area contributed by atoms with Crippen LogP contribution in [0, 0.1) is 40.4 Å². The molecule has 5 heteroatoms. The lowest BCUT2D eigenvalue weighted by Crippen LogP contribution is -2.58. The average molecular weight is 558 g/mol. The van der Waals surface area contributed by atoms with Gasteiger partial charge in [0.15, 0.2) is 0 Å². The van der Waals surface area contributed by atoms with Crippen LogP contribution in [0.15, 0.2) is 35.3 Å². The first-order valence-electron chi connectivity index (χ1n) is 14.1. The molecule has 6 rings (SSSR count).